The van der Waals surface area contributed by atoms with Crippen LogP contribution in [-0.4, -0.2) is 0 Å². The lowest BCUT2D eigenvalue weighted by Crippen LogP contribution is -1.90. The summed E-state index contributed by atoms with van der Waals surface area (Å²) in [6, 6.07) is 4.04. The minimum absolute atomic E-state index is 0.794. The highest BCUT2D eigenvalue weighted by Gasteiger charge is 2.05. The lowest BCUT2D eigenvalue weighted by atomic mass is 10.0. The van der Waals surface area contributed by atoms with Gasteiger partial charge in [-0.1, -0.05) is 42.5 Å². The average molecular weight is 193 g/mol. The van der Waals surface area contributed by atoms with Crippen LogP contribution < -0.4 is 0 Å². The van der Waals surface area contributed by atoms with Gasteiger partial charge >= 0.3 is 0 Å². The molecule has 0 radical (unpaired) electrons. The maximum absolute atomic E-state index is 6.16. The molecular formula is C12H13Cl. The molecule has 0 bridgehead atoms. The molecule has 0 nitrogen and oxygen atoms in total. The third kappa shape index (κ3) is 2.02. The molecule has 0 aliphatic rings. The van der Waals surface area contributed by atoms with Gasteiger partial charge in [-0.05, 0) is 30.0 Å². The SMILES string of the molecule is C=CCc1c(C=C)ccc(C)c1Cl. The van der Waals surface area contributed by atoms with E-state index in [1.54, 1.807) is 0 Å². The van der Waals surface area contributed by atoms with Gasteiger partial charge in [-0.25, -0.2) is 0 Å². The van der Waals surface area contributed by atoms with Gasteiger partial charge in [-0.2, -0.15) is 0 Å². The zero-order valence-corrected chi connectivity index (χ0v) is 8.56. The Morgan fingerprint density at radius 1 is 1.38 bits per heavy atom. The molecule has 0 atom stereocenters. The molecule has 1 heteroatoms. The minimum atomic E-state index is 0.794. The zero-order chi connectivity index (χ0) is 9.84. The second kappa shape index (κ2) is 4.29. The standard InChI is InChI=1S/C12H13Cl/c1-4-6-11-10(5-2)8-7-9(3)12(11)13/h4-5,7-8H,1-2,6H2,3H3. The van der Waals surface area contributed by atoms with E-state index in [4.69, 9.17) is 11.6 Å². The average Bonchev–Trinajstić information content (AvgIpc) is 2.14. The van der Waals surface area contributed by atoms with Crippen molar-refractivity contribution in [2.75, 3.05) is 0 Å². The Morgan fingerprint density at radius 3 is 2.62 bits per heavy atom. The van der Waals surface area contributed by atoms with E-state index in [-0.39, 0.29) is 0 Å². The quantitative estimate of drug-likeness (QED) is 0.635. The lowest BCUT2D eigenvalue weighted by molar-refractivity contribution is 1.24. The Bertz CT molecular complexity index is 337. The molecule has 1 aromatic rings. The van der Waals surface area contributed by atoms with Crippen LogP contribution in [-0.2, 0) is 6.42 Å². The first kappa shape index (κ1) is 10.1. The van der Waals surface area contributed by atoms with Crippen LogP contribution >= 0.6 is 11.6 Å². The number of hydrogen-bond acceptors (Lipinski definition) is 0. The molecule has 0 aliphatic carbocycles. The van der Waals surface area contributed by atoms with Crippen molar-refractivity contribution in [3.8, 4) is 0 Å². The van der Waals surface area contributed by atoms with E-state index in [0.29, 0.717) is 0 Å². The largest absolute Gasteiger partial charge is 0.103 e. The number of rotatable bonds is 3. The maximum Gasteiger partial charge on any atom is 0.0476 e. The van der Waals surface area contributed by atoms with Crippen LogP contribution in [0.3, 0.4) is 0 Å². The molecule has 0 saturated heterocycles. The molecule has 0 fully saturated rings. The first-order chi connectivity index (χ1) is 6.20. The van der Waals surface area contributed by atoms with Gasteiger partial charge in [0.1, 0.15) is 0 Å². The van der Waals surface area contributed by atoms with Crippen molar-refractivity contribution < 1.29 is 0 Å². The summed E-state index contributed by atoms with van der Waals surface area (Å²) in [4.78, 5) is 0. The van der Waals surface area contributed by atoms with E-state index in [9.17, 15) is 0 Å². The van der Waals surface area contributed by atoms with Crippen LogP contribution in [0.25, 0.3) is 6.08 Å². The summed E-state index contributed by atoms with van der Waals surface area (Å²) in [5.74, 6) is 0. The summed E-state index contributed by atoms with van der Waals surface area (Å²) in [5.41, 5.74) is 3.31. The predicted octanol–water partition coefficient (Wildman–Crippen LogP) is 4.02. The van der Waals surface area contributed by atoms with E-state index in [1.807, 2.05) is 31.2 Å². The molecule has 0 heterocycles. The summed E-state index contributed by atoms with van der Waals surface area (Å²) in [7, 11) is 0. The van der Waals surface area contributed by atoms with Crippen LogP contribution in [0.1, 0.15) is 16.7 Å². The van der Waals surface area contributed by atoms with Gasteiger partial charge in [0.2, 0.25) is 0 Å². The third-order valence-electron chi connectivity index (χ3n) is 2.04. The fraction of sp³-hybridized carbons (Fsp3) is 0.167. The second-order valence-electron chi connectivity index (χ2n) is 2.96. The molecular weight excluding hydrogens is 180 g/mol. The minimum Gasteiger partial charge on any atom is -0.103 e. The Morgan fingerprint density at radius 2 is 2.08 bits per heavy atom. The predicted molar refractivity (Wildman–Crippen MR) is 60.2 cm³/mol. The van der Waals surface area contributed by atoms with E-state index in [1.165, 1.54) is 0 Å². The molecule has 0 amide bonds. The molecule has 0 aliphatic heterocycles. The third-order valence-corrected chi connectivity index (χ3v) is 2.57. The van der Waals surface area contributed by atoms with Crippen LogP contribution in [0.5, 0.6) is 0 Å². The first-order valence-electron chi connectivity index (χ1n) is 4.22. The Kier molecular flexibility index (Phi) is 3.32. The monoisotopic (exact) mass is 192 g/mol. The summed E-state index contributed by atoms with van der Waals surface area (Å²) in [6.07, 6.45) is 4.47. The van der Waals surface area contributed by atoms with Gasteiger partial charge < -0.3 is 0 Å². The van der Waals surface area contributed by atoms with Gasteiger partial charge in [-0.15, -0.1) is 6.58 Å². The molecule has 0 aromatic heterocycles. The van der Waals surface area contributed by atoms with Crippen molar-refractivity contribution in [1.29, 1.82) is 0 Å². The van der Waals surface area contributed by atoms with E-state index >= 15 is 0 Å². The van der Waals surface area contributed by atoms with Crippen molar-refractivity contribution in [2.45, 2.75) is 13.3 Å². The summed E-state index contributed by atoms with van der Waals surface area (Å²) in [5, 5.41) is 0.831. The Hall–Kier alpha value is -1.01. The van der Waals surface area contributed by atoms with Gasteiger partial charge in [0.25, 0.3) is 0 Å². The smallest absolute Gasteiger partial charge is 0.0476 e. The number of halogens is 1. The molecule has 1 rings (SSSR count). The molecule has 1 aromatic carbocycles. The van der Waals surface area contributed by atoms with Crippen molar-refractivity contribution in [2.24, 2.45) is 0 Å². The number of hydrogen-bond donors (Lipinski definition) is 0. The van der Waals surface area contributed by atoms with Crippen LogP contribution in [0.4, 0.5) is 0 Å². The highest BCUT2D eigenvalue weighted by atomic mass is 35.5. The topological polar surface area (TPSA) is 0 Å². The molecule has 0 unspecified atom stereocenters. The summed E-state index contributed by atoms with van der Waals surface area (Å²) in [6.45, 7) is 9.46. The Labute approximate surface area is 84.5 Å². The first-order valence-corrected chi connectivity index (χ1v) is 4.59. The summed E-state index contributed by atoms with van der Waals surface area (Å²) >= 11 is 6.16. The van der Waals surface area contributed by atoms with Crippen molar-refractivity contribution >= 4 is 17.7 Å². The molecule has 0 saturated carbocycles. The molecule has 0 N–H and O–H groups in total. The van der Waals surface area contributed by atoms with E-state index in [0.717, 1.165) is 28.1 Å². The normalized spacial score (nSPS) is 9.69. The molecule has 13 heavy (non-hydrogen) atoms. The van der Waals surface area contributed by atoms with Crippen LogP contribution in [0, 0.1) is 6.92 Å². The van der Waals surface area contributed by atoms with Crippen LogP contribution in [0.15, 0.2) is 31.4 Å². The zero-order valence-electron chi connectivity index (χ0n) is 7.81. The van der Waals surface area contributed by atoms with Crippen molar-refractivity contribution in [1.82, 2.24) is 0 Å². The summed E-state index contributed by atoms with van der Waals surface area (Å²) < 4.78 is 0. The van der Waals surface area contributed by atoms with E-state index < -0.39 is 0 Å². The van der Waals surface area contributed by atoms with E-state index in [2.05, 4.69) is 13.2 Å². The van der Waals surface area contributed by atoms with Gasteiger partial charge in [0.15, 0.2) is 0 Å². The van der Waals surface area contributed by atoms with Crippen molar-refractivity contribution in [3.05, 3.63) is 53.1 Å². The Balaban J connectivity index is 3.31. The highest BCUT2D eigenvalue weighted by Crippen LogP contribution is 2.25. The maximum atomic E-state index is 6.16. The number of aryl methyl sites for hydroxylation is 1. The molecule has 68 valence electrons. The van der Waals surface area contributed by atoms with Crippen molar-refractivity contribution in [3.63, 3.8) is 0 Å². The number of benzene rings is 1. The van der Waals surface area contributed by atoms with Gasteiger partial charge in [0.05, 0.1) is 0 Å². The highest BCUT2D eigenvalue weighted by molar-refractivity contribution is 6.32. The fourth-order valence-corrected chi connectivity index (χ4v) is 1.55. The molecule has 0 spiro atoms. The second-order valence-corrected chi connectivity index (χ2v) is 3.34. The lowest BCUT2D eigenvalue weighted by Gasteiger charge is -2.08. The van der Waals surface area contributed by atoms with Gasteiger partial charge in [-0.3, -0.25) is 0 Å². The fourth-order valence-electron chi connectivity index (χ4n) is 1.30. The number of allylic oxidation sites excluding steroid dienone is 1. The van der Waals surface area contributed by atoms with Gasteiger partial charge in [0, 0.05) is 5.02 Å². The van der Waals surface area contributed by atoms with Crippen LogP contribution in [0.2, 0.25) is 5.02 Å².